The van der Waals surface area contributed by atoms with Crippen LogP contribution in [0.3, 0.4) is 0 Å². The number of aryl methyl sites for hydroxylation is 3. The molecule has 0 amide bonds. The van der Waals surface area contributed by atoms with Crippen LogP contribution in [0.1, 0.15) is 30.3 Å². The molecule has 27 heavy (non-hydrogen) atoms. The Morgan fingerprint density at radius 3 is 2.56 bits per heavy atom. The first-order valence-electron chi connectivity index (χ1n) is 9.31. The second-order valence-electron chi connectivity index (χ2n) is 6.79. The summed E-state index contributed by atoms with van der Waals surface area (Å²) in [5.74, 6) is 0.951. The van der Waals surface area contributed by atoms with Crippen LogP contribution in [0.15, 0.2) is 49.1 Å². The first kappa shape index (κ1) is 17.3. The third-order valence-electron chi connectivity index (χ3n) is 4.89. The number of rotatable bonds is 6. The largest absolute Gasteiger partial charge is 0.330 e. The van der Waals surface area contributed by atoms with E-state index in [1.165, 1.54) is 5.56 Å². The summed E-state index contributed by atoms with van der Waals surface area (Å²) < 4.78 is 4.39. The van der Waals surface area contributed by atoms with Crippen LogP contribution in [0.2, 0.25) is 0 Å². The minimum absolute atomic E-state index is 0.711. The Morgan fingerprint density at radius 2 is 1.85 bits per heavy atom. The van der Waals surface area contributed by atoms with Crippen molar-refractivity contribution in [3.05, 3.63) is 66.0 Å². The third kappa shape index (κ3) is 3.18. The Bertz CT molecular complexity index is 1020. The van der Waals surface area contributed by atoms with Crippen molar-refractivity contribution in [1.29, 1.82) is 0 Å². The van der Waals surface area contributed by atoms with Crippen molar-refractivity contribution in [3.63, 3.8) is 0 Å². The highest BCUT2D eigenvalue weighted by molar-refractivity contribution is 5.75. The van der Waals surface area contributed by atoms with Gasteiger partial charge in [-0.25, -0.2) is 9.97 Å². The summed E-state index contributed by atoms with van der Waals surface area (Å²) in [6, 6.07) is 10.3. The summed E-state index contributed by atoms with van der Waals surface area (Å²) in [4.78, 5) is 9.44. The van der Waals surface area contributed by atoms with Gasteiger partial charge in [-0.2, -0.15) is 5.10 Å². The van der Waals surface area contributed by atoms with Gasteiger partial charge in [0.1, 0.15) is 5.69 Å². The molecule has 0 aliphatic carbocycles. The zero-order valence-corrected chi connectivity index (χ0v) is 16.0. The molecule has 0 saturated heterocycles. The summed E-state index contributed by atoms with van der Waals surface area (Å²) in [7, 11) is 0. The molecule has 0 aliphatic rings. The van der Waals surface area contributed by atoms with Crippen LogP contribution in [0.5, 0.6) is 0 Å². The molecule has 4 rings (SSSR count). The predicted octanol–water partition coefficient (Wildman–Crippen LogP) is 4.21. The zero-order valence-electron chi connectivity index (χ0n) is 16.0. The lowest BCUT2D eigenvalue weighted by molar-refractivity contribution is 0.677. The van der Waals surface area contributed by atoms with Gasteiger partial charge in [-0.1, -0.05) is 37.3 Å². The molecule has 138 valence electrons. The molecule has 1 aromatic carbocycles. The zero-order chi connectivity index (χ0) is 18.8. The van der Waals surface area contributed by atoms with Gasteiger partial charge in [0.25, 0.3) is 0 Å². The SMILES string of the molecule is CCCn1ccnc1-c1c(-c2ccccc2)ncn1Cc1c(C)n[nH]c1C. The highest BCUT2D eigenvalue weighted by Gasteiger charge is 2.20. The number of aromatic amines is 1. The molecule has 0 atom stereocenters. The molecule has 4 aromatic rings. The Hall–Kier alpha value is -3.15. The molecule has 0 fully saturated rings. The maximum absolute atomic E-state index is 4.76. The summed E-state index contributed by atoms with van der Waals surface area (Å²) >= 11 is 0. The Morgan fingerprint density at radius 1 is 1.04 bits per heavy atom. The number of benzene rings is 1. The highest BCUT2D eigenvalue weighted by atomic mass is 15.2. The first-order chi connectivity index (χ1) is 13.2. The topological polar surface area (TPSA) is 64.3 Å². The van der Waals surface area contributed by atoms with Crippen molar-refractivity contribution in [1.82, 2.24) is 29.3 Å². The van der Waals surface area contributed by atoms with Gasteiger partial charge >= 0.3 is 0 Å². The second-order valence-corrected chi connectivity index (χ2v) is 6.79. The molecule has 3 aromatic heterocycles. The van der Waals surface area contributed by atoms with Crippen LogP contribution in [0.25, 0.3) is 22.8 Å². The fourth-order valence-electron chi connectivity index (χ4n) is 3.47. The fourth-order valence-corrected chi connectivity index (χ4v) is 3.47. The molecule has 6 heteroatoms. The molecule has 3 heterocycles. The van der Waals surface area contributed by atoms with E-state index >= 15 is 0 Å². The van der Waals surface area contributed by atoms with E-state index < -0.39 is 0 Å². The van der Waals surface area contributed by atoms with Crippen LogP contribution in [0.4, 0.5) is 0 Å². The Labute approximate surface area is 158 Å². The van der Waals surface area contributed by atoms with Crippen molar-refractivity contribution in [2.24, 2.45) is 0 Å². The van der Waals surface area contributed by atoms with E-state index in [0.717, 1.165) is 47.1 Å². The molecule has 0 saturated carbocycles. The lowest BCUT2D eigenvalue weighted by Gasteiger charge is -2.12. The van der Waals surface area contributed by atoms with Crippen LogP contribution < -0.4 is 0 Å². The van der Waals surface area contributed by atoms with Crippen molar-refractivity contribution >= 4 is 0 Å². The van der Waals surface area contributed by atoms with Gasteiger partial charge < -0.3 is 9.13 Å². The summed E-state index contributed by atoms with van der Waals surface area (Å²) in [6.07, 6.45) is 6.87. The minimum atomic E-state index is 0.711. The van der Waals surface area contributed by atoms with Crippen molar-refractivity contribution in [2.75, 3.05) is 0 Å². The number of imidazole rings is 2. The standard InChI is InChI=1S/C21H24N6/c1-4-11-26-12-10-22-21(26)20-19(17-8-6-5-7-9-17)23-14-27(20)13-18-15(2)24-25-16(18)3/h5-10,12,14H,4,11,13H2,1-3H3,(H,24,25). The average molecular weight is 360 g/mol. The molecular weight excluding hydrogens is 336 g/mol. The number of hydrogen-bond acceptors (Lipinski definition) is 3. The maximum Gasteiger partial charge on any atom is 0.158 e. The quantitative estimate of drug-likeness (QED) is 0.560. The lowest BCUT2D eigenvalue weighted by Crippen LogP contribution is -2.07. The number of H-pyrrole nitrogens is 1. The highest BCUT2D eigenvalue weighted by Crippen LogP contribution is 2.31. The number of hydrogen-bond donors (Lipinski definition) is 1. The number of nitrogens with one attached hydrogen (secondary N) is 1. The first-order valence-corrected chi connectivity index (χ1v) is 9.31. The molecule has 1 N–H and O–H groups in total. The normalized spacial score (nSPS) is 11.2. The summed E-state index contributed by atoms with van der Waals surface area (Å²) in [6.45, 7) is 7.91. The van der Waals surface area contributed by atoms with Crippen LogP contribution >= 0.6 is 0 Å². The fraction of sp³-hybridized carbons (Fsp3) is 0.286. The van der Waals surface area contributed by atoms with Crippen molar-refractivity contribution in [3.8, 4) is 22.8 Å². The van der Waals surface area contributed by atoms with Gasteiger partial charge in [-0.3, -0.25) is 5.10 Å². The van der Waals surface area contributed by atoms with Gasteiger partial charge in [-0.15, -0.1) is 0 Å². The van der Waals surface area contributed by atoms with Crippen LogP contribution in [-0.2, 0) is 13.1 Å². The molecule has 6 nitrogen and oxygen atoms in total. The molecule has 0 spiro atoms. The summed E-state index contributed by atoms with van der Waals surface area (Å²) in [5.41, 5.74) is 6.40. The monoisotopic (exact) mass is 360 g/mol. The van der Waals surface area contributed by atoms with Gasteiger partial charge in [0.2, 0.25) is 0 Å². The van der Waals surface area contributed by atoms with Gasteiger partial charge in [-0.05, 0) is 20.3 Å². The maximum atomic E-state index is 4.76. The van der Waals surface area contributed by atoms with E-state index in [9.17, 15) is 0 Å². The van der Waals surface area contributed by atoms with E-state index in [1.807, 2.05) is 43.8 Å². The van der Waals surface area contributed by atoms with E-state index in [-0.39, 0.29) is 0 Å². The van der Waals surface area contributed by atoms with E-state index in [4.69, 9.17) is 4.98 Å². The molecule has 0 aliphatic heterocycles. The molecule has 0 bridgehead atoms. The minimum Gasteiger partial charge on any atom is -0.330 e. The number of nitrogens with zero attached hydrogens (tertiary/aromatic N) is 5. The third-order valence-corrected chi connectivity index (χ3v) is 4.89. The van der Waals surface area contributed by atoms with E-state index in [0.29, 0.717) is 6.54 Å². The smallest absolute Gasteiger partial charge is 0.158 e. The summed E-state index contributed by atoms with van der Waals surface area (Å²) in [5, 5.41) is 7.41. The average Bonchev–Trinajstić information content (AvgIpc) is 3.38. The Kier molecular flexibility index (Phi) is 4.62. The Balaban J connectivity index is 1.87. The second kappa shape index (κ2) is 7.23. The number of aromatic nitrogens is 6. The van der Waals surface area contributed by atoms with Gasteiger partial charge in [0.15, 0.2) is 5.82 Å². The molecule has 0 radical (unpaired) electrons. The van der Waals surface area contributed by atoms with Crippen molar-refractivity contribution < 1.29 is 0 Å². The van der Waals surface area contributed by atoms with Crippen LogP contribution in [0, 0.1) is 13.8 Å². The molecule has 0 unspecified atom stereocenters. The van der Waals surface area contributed by atoms with Gasteiger partial charge in [0, 0.05) is 35.8 Å². The van der Waals surface area contributed by atoms with Crippen LogP contribution in [-0.4, -0.2) is 29.3 Å². The lowest BCUT2D eigenvalue weighted by atomic mass is 10.1. The predicted molar refractivity (Wildman–Crippen MR) is 106 cm³/mol. The molecular formula is C21H24N6. The van der Waals surface area contributed by atoms with E-state index in [2.05, 4.69) is 50.3 Å². The van der Waals surface area contributed by atoms with E-state index in [1.54, 1.807) is 0 Å². The van der Waals surface area contributed by atoms with Gasteiger partial charge in [0.05, 0.1) is 24.3 Å². The van der Waals surface area contributed by atoms with Crippen molar-refractivity contribution in [2.45, 2.75) is 40.3 Å².